The molecule has 2 fully saturated rings. The molecule has 1 atom stereocenters. The second kappa shape index (κ2) is 7.96. The number of likely N-dealkylation sites (tertiary alicyclic amines) is 1. The number of hydrogen-bond acceptors (Lipinski definition) is 9. The van der Waals surface area contributed by atoms with E-state index in [0.717, 1.165) is 64.0 Å². The Morgan fingerprint density at radius 3 is 2.92 bits per heavy atom. The van der Waals surface area contributed by atoms with Gasteiger partial charge in [-0.05, 0) is 25.5 Å². The number of rotatable bonds is 5. The van der Waals surface area contributed by atoms with Crippen LogP contribution in [0.1, 0.15) is 24.6 Å². The van der Waals surface area contributed by atoms with Crippen LogP contribution >= 0.6 is 0 Å². The van der Waals surface area contributed by atoms with Crippen LogP contribution in [-0.4, -0.2) is 70.5 Å². The van der Waals surface area contributed by atoms with Gasteiger partial charge < -0.3 is 19.4 Å². The summed E-state index contributed by atoms with van der Waals surface area (Å²) in [5, 5.41) is 11.6. The summed E-state index contributed by atoms with van der Waals surface area (Å²) in [6, 6.07) is 2.28. The normalized spacial score (nSPS) is 21.7. The second-order valence-electron chi connectivity index (χ2n) is 6.77. The van der Waals surface area contributed by atoms with Gasteiger partial charge in [0, 0.05) is 38.8 Å². The Morgan fingerprint density at radius 2 is 2.12 bits per heavy atom. The summed E-state index contributed by atoms with van der Waals surface area (Å²) in [7, 11) is 0. The molecule has 140 valence electrons. The van der Waals surface area contributed by atoms with Gasteiger partial charge in [-0.3, -0.25) is 4.90 Å². The molecule has 2 saturated heterocycles. The van der Waals surface area contributed by atoms with E-state index < -0.39 is 0 Å². The standard InChI is InChI=1S/C17H25N7O2/c1-13-21-22-16(26-13)12-23-6-2-3-14(11-23)19-15-4-5-18-17(20-15)24-7-9-25-10-8-24/h4-5,14H,2-3,6-12H2,1H3,(H,18,19,20). The molecular weight excluding hydrogens is 334 g/mol. The van der Waals surface area contributed by atoms with E-state index in [-0.39, 0.29) is 0 Å². The van der Waals surface area contributed by atoms with E-state index >= 15 is 0 Å². The SMILES string of the molecule is Cc1nnc(CN2CCCC(Nc3ccnc(N4CCOCC4)n3)C2)o1. The average Bonchev–Trinajstić information content (AvgIpc) is 3.08. The number of morpholine rings is 1. The van der Waals surface area contributed by atoms with Gasteiger partial charge in [0.05, 0.1) is 19.8 Å². The number of ether oxygens (including phenoxy) is 1. The quantitative estimate of drug-likeness (QED) is 0.842. The van der Waals surface area contributed by atoms with E-state index in [1.807, 2.05) is 19.2 Å². The van der Waals surface area contributed by atoms with Gasteiger partial charge in [0.15, 0.2) is 0 Å². The van der Waals surface area contributed by atoms with Crippen molar-refractivity contribution in [1.82, 2.24) is 25.1 Å². The minimum atomic E-state index is 0.347. The Balaban J connectivity index is 1.35. The smallest absolute Gasteiger partial charge is 0.230 e. The molecule has 0 bridgehead atoms. The minimum absolute atomic E-state index is 0.347. The summed E-state index contributed by atoms with van der Waals surface area (Å²) in [5.74, 6) is 2.94. The van der Waals surface area contributed by atoms with Crippen LogP contribution in [-0.2, 0) is 11.3 Å². The highest BCUT2D eigenvalue weighted by Crippen LogP contribution is 2.18. The van der Waals surface area contributed by atoms with Gasteiger partial charge in [-0.25, -0.2) is 4.98 Å². The van der Waals surface area contributed by atoms with Crippen LogP contribution in [0.2, 0.25) is 0 Å². The lowest BCUT2D eigenvalue weighted by Crippen LogP contribution is -2.42. The van der Waals surface area contributed by atoms with E-state index in [1.54, 1.807) is 0 Å². The van der Waals surface area contributed by atoms with Crippen LogP contribution in [0.4, 0.5) is 11.8 Å². The number of nitrogens with zero attached hydrogens (tertiary/aromatic N) is 6. The fraction of sp³-hybridized carbons (Fsp3) is 0.647. The molecule has 0 aliphatic carbocycles. The van der Waals surface area contributed by atoms with Gasteiger partial charge in [-0.1, -0.05) is 0 Å². The van der Waals surface area contributed by atoms with E-state index in [1.165, 1.54) is 0 Å². The van der Waals surface area contributed by atoms with Crippen LogP contribution in [0.15, 0.2) is 16.7 Å². The van der Waals surface area contributed by atoms with Gasteiger partial charge in [-0.15, -0.1) is 10.2 Å². The molecule has 26 heavy (non-hydrogen) atoms. The molecule has 2 aliphatic rings. The molecule has 0 aromatic carbocycles. The van der Waals surface area contributed by atoms with Crippen molar-refractivity contribution in [2.45, 2.75) is 32.4 Å². The summed E-state index contributed by atoms with van der Waals surface area (Å²) in [4.78, 5) is 13.6. The van der Waals surface area contributed by atoms with Gasteiger partial charge in [0.1, 0.15) is 5.82 Å². The topological polar surface area (TPSA) is 92.4 Å². The first-order valence-electron chi connectivity index (χ1n) is 9.20. The van der Waals surface area contributed by atoms with Crippen molar-refractivity contribution < 1.29 is 9.15 Å². The molecule has 4 heterocycles. The molecule has 2 aromatic rings. The summed E-state index contributed by atoms with van der Waals surface area (Å²) < 4.78 is 10.9. The lowest BCUT2D eigenvalue weighted by molar-refractivity contribution is 0.122. The monoisotopic (exact) mass is 359 g/mol. The predicted octanol–water partition coefficient (Wildman–Crippen LogP) is 1.08. The minimum Gasteiger partial charge on any atom is -0.424 e. The lowest BCUT2D eigenvalue weighted by Gasteiger charge is -2.32. The molecule has 0 radical (unpaired) electrons. The van der Waals surface area contributed by atoms with Crippen molar-refractivity contribution in [2.24, 2.45) is 0 Å². The largest absolute Gasteiger partial charge is 0.424 e. The van der Waals surface area contributed by atoms with E-state index in [2.05, 4.69) is 30.3 Å². The Hall–Kier alpha value is -2.26. The van der Waals surface area contributed by atoms with Gasteiger partial charge in [0.25, 0.3) is 0 Å². The highest BCUT2D eigenvalue weighted by atomic mass is 16.5. The molecular formula is C17H25N7O2. The molecule has 0 spiro atoms. The fourth-order valence-electron chi connectivity index (χ4n) is 3.46. The maximum atomic E-state index is 5.50. The van der Waals surface area contributed by atoms with Crippen molar-refractivity contribution in [1.29, 1.82) is 0 Å². The Morgan fingerprint density at radius 1 is 1.23 bits per heavy atom. The highest BCUT2D eigenvalue weighted by Gasteiger charge is 2.22. The van der Waals surface area contributed by atoms with Crippen molar-refractivity contribution in [2.75, 3.05) is 49.6 Å². The third-order valence-corrected chi connectivity index (χ3v) is 4.72. The zero-order chi connectivity index (χ0) is 17.8. The second-order valence-corrected chi connectivity index (χ2v) is 6.77. The predicted molar refractivity (Wildman–Crippen MR) is 96.0 cm³/mol. The van der Waals surface area contributed by atoms with Crippen molar-refractivity contribution in [3.8, 4) is 0 Å². The van der Waals surface area contributed by atoms with Gasteiger partial charge in [0.2, 0.25) is 17.7 Å². The molecule has 2 aliphatic heterocycles. The van der Waals surface area contributed by atoms with E-state index in [0.29, 0.717) is 24.4 Å². The molecule has 9 nitrogen and oxygen atoms in total. The first-order chi connectivity index (χ1) is 12.8. The number of anilines is 2. The summed E-state index contributed by atoms with van der Waals surface area (Å²) in [5.41, 5.74) is 0. The van der Waals surface area contributed by atoms with Crippen LogP contribution in [0, 0.1) is 6.92 Å². The fourth-order valence-corrected chi connectivity index (χ4v) is 3.46. The molecule has 0 amide bonds. The number of nitrogens with one attached hydrogen (secondary N) is 1. The zero-order valence-corrected chi connectivity index (χ0v) is 15.1. The van der Waals surface area contributed by atoms with Gasteiger partial charge >= 0.3 is 0 Å². The Kier molecular flexibility index (Phi) is 5.26. The molecule has 4 rings (SSSR count). The summed E-state index contributed by atoms with van der Waals surface area (Å²) >= 11 is 0. The van der Waals surface area contributed by atoms with Crippen LogP contribution in [0.5, 0.6) is 0 Å². The van der Waals surface area contributed by atoms with Crippen molar-refractivity contribution in [3.63, 3.8) is 0 Å². The lowest BCUT2D eigenvalue weighted by atomic mass is 10.1. The van der Waals surface area contributed by atoms with E-state index in [4.69, 9.17) is 14.1 Å². The third-order valence-electron chi connectivity index (χ3n) is 4.72. The third kappa shape index (κ3) is 4.28. The molecule has 2 aromatic heterocycles. The number of hydrogen-bond donors (Lipinski definition) is 1. The maximum Gasteiger partial charge on any atom is 0.230 e. The zero-order valence-electron chi connectivity index (χ0n) is 15.1. The summed E-state index contributed by atoms with van der Waals surface area (Å²) in [6.45, 7) is 7.62. The maximum absolute atomic E-state index is 5.50. The van der Waals surface area contributed by atoms with Crippen molar-refractivity contribution in [3.05, 3.63) is 24.0 Å². The number of aromatic nitrogens is 4. The van der Waals surface area contributed by atoms with Gasteiger partial charge in [-0.2, -0.15) is 4.98 Å². The summed E-state index contributed by atoms with van der Waals surface area (Å²) in [6.07, 6.45) is 4.07. The Labute approximate surface area is 152 Å². The first-order valence-corrected chi connectivity index (χ1v) is 9.20. The molecule has 1 unspecified atom stereocenters. The van der Waals surface area contributed by atoms with Crippen molar-refractivity contribution >= 4 is 11.8 Å². The molecule has 1 N–H and O–H groups in total. The van der Waals surface area contributed by atoms with Crippen LogP contribution < -0.4 is 10.2 Å². The Bertz CT molecular complexity index is 717. The molecule has 9 heteroatoms. The number of piperidine rings is 1. The average molecular weight is 359 g/mol. The highest BCUT2D eigenvalue weighted by molar-refractivity contribution is 5.42. The number of aryl methyl sites for hydroxylation is 1. The van der Waals surface area contributed by atoms with E-state index in [9.17, 15) is 0 Å². The van der Waals surface area contributed by atoms with Crippen LogP contribution in [0.3, 0.4) is 0 Å². The molecule has 0 saturated carbocycles. The first kappa shape index (κ1) is 17.2. The van der Waals surface area contributed by atoms with Crippen LogP contribution in [0.25, 0.3) is 0 Å².